The Hall–Kier alpha value is -1.35. The van der Waals surface area contributed by atoms with Gasteiger partial charge >= 0.3 is 0 Å². The zero-order valence-corrected chi connectivity index (χ0v) is 9.62. The first-order chi connectivity index (χ1) is 7.65. The molecule has 0 aromatic heterocycles. The molecule has 86 valence electrons. The Morgan fingerprint density at radius 2 is 2.25 bits per heavy atom. The van der Waals surface area contributed by atoms with Gasteiger partial charge < -0.3 is 11.1 Å². The van der Waals surface area contributed by atoms with Gasteiger partial charge in [0.15, 0.2) is 0 Å². The second kappa shape index (κ2) is 4.26. The average molecular weight is 218 g/mol. The van der Waals surface area contributed by atoms with E-state index in [0.29, 0.717) is 12.1 Å². The summed E-state index contributed by atoms with van der Waals surface area (Å²) >= 11 is 0. The summed E-state index contributed by atoms with van der Waals surface area (Å²) in [4.78, 5) is 11.7. The molecule has 0 bridgehead atoms. The minimum atomic E-state index is -0.192. The summed E-state index contributed by atoms with van der Waals surface area (Å²) in [5.41, 5.74) is 7.83. The predicted molar refractivity (Wildman–Crippen MR) is 64.2 cm³/mol. The van der Waals surface area contributed by atoms with Gasteiger partial charge in [-0.1, -0.05) is 12.1 Å². The lowest BCUT2D eigenvalue weighted by Crippen LogP contribution is -2.43. The van der Waals surface area contributed by atoms with E-state index in [9.17, 15) is 4.79 Å². The lowest BCUT2D eigenvalue weighted by atomic mass is 9.72. The molecule has 3 nitrogen and oxygen atoms in total. The number of hydrogen-bond acceptors (Lipinski definition) is 2. The smallest absolute Gasteiger partial charge is 0.251 e. The van der Waals surface area contributed by atoms with Crippen LogP contribution in [-0.4, -0.2) is 12.5 Å². The van der Waals surface area contributed by atoms with Gasteiger partial charge in [-0.3, -0.25) is 4.79 Å². The van der Waals surface area contributed by atoms with Crippen LogP contribution in [0.3, 0.4) is 0 Å². The Balaban J connectivity index is 2.22. The summed E-state index contributed by atoms with van der Waals surface area (Å²) in [6, 6.07) is 7.68. The largest absolute Gasteiger partial charge is 0.352 e. The van der Waals surface area contributed by atoms with Crippen LogP contribution < -0.4 is 11.1 Å². The molecule has 2 rings (SSSR count). The number of rotatable bonds is 3. The number of amides is 1. The fraction of sp³-hybridized carbons (Fsp3) is 0.462. The van der Waals surface area contributed by atoms with Crippen LogP contribution in [0.4, 0.5) is 0 Å². The Bertz CT molecular complexity index is 397. The Morgan fingerprint density at radius 3 is 2.81 bits per heavy atom. The molecule has 0 radical (unpaired) electrons. The topological polar surface area (TPSA) is 55.1 Å². The SMILES string of the molecule is CCNC(=O)c1cccc(C2(N)CCC2)c1. The van der Waals surface area contributed by atoms with Crippen LogP contribution in [0.2, 0.25) is 0 Å². The summed E-state index contributed by atoms with van der Waals surface area (Å²) in [6.45, 7) is 2.56. The zero-order chi connectivity index (χ0) is 11.6. The first-order valence-corrected chi connectivity index (χ1v) is 5.83. The fourth-order valence-corrected chi connectivity index (χ4v) is 2.08. The van der Waals surface area contributed by atoms with Gasteiger partial charge in [0.05, 0.1) is 0 Å². The van der Waals surface area contributed by atoms with E-state index in [4.69, 9.17) is 5.73 Å². The Morgan fingerprint density at radius 1 is 1.50 bits per heavy atom. The van der Waals surface area contributed by atoms with Crippen molar-refractivity contribution in [2.75, 3.05) is 6.54 Å². The molecule has 1 aliphatic rings. The maximum Gasteiger partial charge on any atom is 0.251 e. The second-order valence-electron chi connectivity index (χ2n) is 4.45. The van der Waals surface area contributed by atoms with Gasteiger partial charge in [-0.2, -0.15) is 0 Å². The molecule has 3 N–H and O–H groups in total. The molecule has 1 aliphatic carbocycles. The highest BCUT2D eigenvalue weighted by Gasteiger charge is 2.34. The van der Waals surface area contributed by atoms with E-state index in [2.05, 4.69) is 5.32 Å². The molecule has 3 heteroatoms. The molecule has 1 fully saturated rings. The quantitative estimate of drug-likeness (QED) is 0.812. The molecule has 16 heavy (non-hydrogen) atoms. The van der Waals surface area contributed by atoms with Crippen molar-refractivity contribution in [1.29, 1.82) is 0 Å². The number of carbonyl (C=O) groups is 1. The fourth-order valence-electron chi connectivity index (χ4n) is 2.08. The molecule has 1 amide bonds. The summed E-state index contributed by atoms with van der Waals surface area (Å²) in [5.74, 6) is -0.0210. The summed E-state index contributed by atoms with van der Waals surface area (Å²) in [6.07, 6.45) is 3.22. The van der Waals surface area contributed by atoms with Crippen LogP contribution >= 0.6 is 0 Å². The van der Waals surface area contributed by atoms with Crippen molar-refractivity contribution in [2.24, 2.45) is 5.73 Å². The van der Waals surface area contributed by atoms with Gasteiger partial charge in [0.2, 0.25) is 0 Å². The van der Waals surface area contributed by atoms with Crippen LogP contribution in [0, 0.1) is 0 Å². The highest BCUT2D eigenvalue weighted by Crippen LogP contribution is 2.38. The normalized spacial score (nSPS) is 17.6. The minimum Gasteiger partial charge on any atom is -0.352 e. The number of carbonyl (C=O) groups excluding carboxylic acids is 1. The molecule has 0 saturated heterocycles. The van der Waals surface area contributed by atoms with Gasteiger partial charge in [-0.05, 0) is 43.9 Å². The van der Waals surface area contributed by atoms with Crippen LogP contribution in [0.1, 0.15) is 42.1 Å². The van der Waals surface area contributed by atoms with Gasteiger partial charge in [0, 0.05) is 17.6 Å². The van der Waals surface area contributed by atoms with Crippen molar-refractivity contribution < 1.29 is 4.79 Å². The molecule has 0 unspecified atom stereocenters. The van der Waals surface area contributed by atoms with E-state index in [0.717, 1.165) is 18.4 Å². The van der Waals surface area contributed by atoms with E-state index in [1.807, 2.05) is 31.2 Å². The van der Waals surface area contributed by atoms with Gasteiger partial charge in [-0.25, -0.2) is 0 Å². The lowest BCUT2D eigenvalue weighted by Gasteiger charge is -2.38. The third-order valence-electron chi connectivity index (χ3n) is 3.28. The van der Waals surface area contributed by atoms with Gasteiger partial charge in [0.1, 0.15) is 0 Å². The third-order valence-corrected chi connectivity index (χ3v) is 3.28. The van der Waals surface area contributed by atoms with Crippen LogP contribution in [-0.2, 0) is 5.54 Å². The molecule has 0 spiro atoms. The summed E-state index contributed by atoms with van der Waals surface area (Å²) < 4.78 is 0. The number of nitrogens with two attached hydrogens (primary N) is 1. The zero-order valence-electron chi connectivity index (χ0n) is 9.62. The number of benzene rings is 1. The molecule has 0 heterocycles. The average Bonchev–Trinajstić information content (AvgIpc) is 2.26. The number of hydrogen-bond donors (Lipinski definition) is 2. The van der Waals surface area contributed by atoms with E-state index in [1.54, 1.807) is 0 Å². The van der Waals surface area contributed by atoms with Crippen LogP contribution in [0.5, 0.6) is 0 Å². The molecule has 1 saturated carbocycles. The molecular weight excluding hydrogens is 200 g/mol. The van der Waals surface area contributed by atoms with Gasteiger partial charge in [-0.15, -0.1) is 0 Å². The molecular formula is C13H18N2O. The third kappa shape index (κ3) is 1.95. The molecule has 0 aliphatic heterocycles. The summed E-state index contributed by atoms with van der Waals surface area (Å²) in [7, 11) is 0. The predicted octanol–water partition coefficient (Wildman–Crippen LogP) is 1.77. The van der Waals surface area contributed by atoms with Crippen molar-refractivity contribution in [2.45, 2.75) is 31.7 Å². The van der Waals surface area contributed by atoms with E-state index < -0.39 is 0 Å². The Labute approximate surface area is 96.0 Å². The molecule has 0 atom stereocenters. The standard InChI is InChI=1S/C13H18N2O/c1-2-15-12(16)10-5-3-6-11(9-10)13(14)7-4-8-13/h3,5-6,9H,2,4,7-8,14H2,1H3,(H,15,16). The monoisotopic (exact) mass is 218 g/mol. The second-order valence-corrected chi connectivity index (χ2v) is 4.45. The molecule has 1 aromatic rings. The molecule has 1 aromatic carbocycles. The van der Waals surface area contributed by atoms with Crippen molar-refractivity contribution in [3.63, 3.8) is 0 Å². The van der Waals surface area contributed by atoms with Crippen molar-refractivity contribution >= 4 is 5.91 Å². The highest BCUT2D eigenvalue weighted by molar-refractivity contribution is 5.94. The highest BCUT2D eigenvalue weighted by atomic mass is 16.1. The first-order valence-electron chi connectivity index (χ1n) is 5.83. The first kappa shape index (κ1) is 11.1. The van der Waals surface area contributed by atoms with E-state index >= 15 is 0 Å². The van der Waals surface area contributed by atoms with Crippen molar-refractivity contribution in [3.8, 4) is 0 Å². The maximum atomic E-state index is 11.7. The van der Waals surface area contributed by atoms with E-state index in [1.165, 1.54) is 6.42 Å². The Kier molecular flexibility index (Phi) is 2.97. The number of nitrogens with one attached hydrogen (secondary N) is 1. The lowest BCUT2D eigenvalue weighted by molar-refractivity contribution is 0.0955. The summed E-state index contributed by atoms with van der Waals surface area (Å²) in [5, 5.41) is 2.80. The van der Waals surface area contributed by atoms with Crippen LogP contribution in [0.25, 0.3) is 0 Å². The minimum absolute atomic E-state index is 0.0210. The van der Waals surface area contributed by atoms with Crippen molar-refractivity contribution in [3.05, 3.63) is 35.4 Å². The van der Waals surface area contributed by atoms with E-state index in [-0.39, 0.29) is 11.4 Å². The van der Waals surface area contributed by atoms with Gasteiger partial charge in [0.25, 0.3) is 5.91 Å². The maximum absolute atomic E-state index is 11.7. The van der Waals surface area contributed by atoms with Crippen molar-refractivity contribution in [1.82, 2.24) is 5.32 Å². The van der Waals surface area contributed by atoms with Crippen LogP contribution in [0.15, 0.2) is 24.3 Å².